The molecule has 1 aromatic heterocycles. The van der Waals surface area contributed by atoms with E-state index in [1.807, 2.05) is 6.07 Å². The molecule has 1 aliphatic rings. The van der Waals surface area contributed by atoms with E-state index in [2.05, 4.69) is 15.8 Å². The van der Waals surface area contributed by atoms with Crippen molar-refractivity contribution in [3.05, 3.63) is 59.9 Å². The molecule has 0 unspecified atom stereocenters. The van der Waals surface area contributed by atoms with Crippen LogP contribution in [0.1, 0.15) is 16.1 Å². The van der Waals surface area contributed by atoms with E-state index in [1.165, 1.54) is 0 Å². The fraction of sp³-hybridized carbons (Fsp3) is 0.182. The van der Waals surface area contributed by atoms with E-state index in [0.717, 1.165) is 0 Å². The summed E-state index contributed by atoms with van der Waals surface area (Å²) < 4.78 is 21.0. The van der Waals surface area contributed by atoms with Crippen LogP contribution in [0.15, 0.2) is 53.1 Å². The van der Waals surface area contributed by atoms with Gasteiger partial charge in [-0.15, -0.1) is 0 Å². The number of esters is 1. The maximum Gasteiger partial charge on any atom is 0.344 e. The van der Waals surface area contributed by atoms with Crippen LogP contribution in [0, 0.1) is 6.92 Å². The lowest BCUT2D eigenvalue weighted by Gasteiger charge is -2.19. The first kappa shape index (κ1) is 20.9. The molecule has 1 aliphatic heterocycles. The van der Waals surface area contributed by atoms with Crippen LogP contribution in [-0.4, -0.2) is 42.9 Å². The smallest absolute Gasteiger partial charge is 0.344 e. The first-order chi connectivity index (χ1) is 15.5. The number of aromatic nitrogens is 1. The molecule has 2 aromatic carbocycles. The van der Waals surface area contributed by atoms with Gasteiger partial charge >= 0.3 is 12.0 Å². The predicted octanol–water partition coefficient (Wildman–Crippen LogP) is 2.93. The quantitative estimate of drug-likeness (QED) is 0.583. The van der Waals surface area contributed by atoms with Crippen molar-refractivity contribution in [3.63, 3.8) is 0 Å². The second-order valence-electron chi connectivity index (χ2n) is 6.77. The standard InChI is InChI=1S/C22H19N3O7/c1-13-19(20(25-32-13)14-5-3-2-4-6-14)21(27)31-12-18(26)24-22(28)23-15-7-8-16-17(11-15)30-10-9-29-16/h2-8,11H,9-10,12H2,1H3,(H2,23,24,26,28). The highest BCUT2D eigenvalue weighted by atomic mass is 16.6. The van der Waals surface area contributed by atoms with Gasteiger partial charge in [-0.1, -0.05) is 35.5 Å². The highest BCUT2D eigenvalue weighted by Crippen LogP contribution is 2.32. The van der Waals surface area contributed by atoms with Crippen LogP contribution in [0.3, 0.4) is 0 Å². The summed E-state index contributed by atoms with van der Waals surface area (Å²) >= 11 is 0. The maximum absolute atomic E-state index is 12.5. The van der Waals surface area contributed by atoms with Crippen LogP contribution in [0.4, 0.5) is 10.5 Å². The summed E-state index contributed by atoms with van der Waals surface area (Å²) in [5, 5.41) is 8.50. The Balaban J connectivity index is 1.32. The molecule has 0 aliphatic carbocycles. The number of aryl methyl sites for hydroxylation is 1. The largest absolute Gasteiger partial charge is 0.486 e. The zero-order chi connectivity index (χ0) is 22.5. The molecule has 0 spiro atoms. The lowest BCUT2D eigenvalue weighted by molar-refractivity contribution is -0.123. The van der Waals surface area contributed by atoms with Crippen molar-refractivity contribution in [2.45, 2.75) is 6.92 Å². The van der Waals surface area contributed by atoms with Gasteiger partial charge in [0.15, 0.2) is 18.1 Å². The number of urea groups is 1. The summed E-state index contributed by atoms with van der Waals surface area (Å²) in [7, 11) is 0. The van der Waals surface area contributed by atoms with E-state index >= 15 is 0 Å². The number of nitrogens with one attached hydrogen (secondary N) is 2. The van der Waals surface area contributed by atoms with Crippen LogP contribution in [0.25, 0.3) is 11.3 Å². The minimum atomic E-state index is -0.802. The molecule has 10 nitrogen and oxygen atoms in total. The Kier molecular flexibility index (Phi) is 6.02. The summed E-state index contributed by atoms with van der Waals surface area (Å²) in [5.41, 5.74) is 1.50. The molecular formula is C22H19N3O7. The van der Waals surface area contributed by atoms with Gasteiger partial charge < -0.3 is 24.1 Å². The molecule has 3 aromatic rings. The third-order valence-electron chi connectivity index (χ3n) is 4.50. The van der Waals surface area contributed by atoms with Crippen molar-refractivity contribution in [2.24, 2.45) is 0 Å². The number of anilines is 1. The molecule has 164 valence electrons. The van der Waals surface area contributed by atoms with E-state index in [9.17, 15) is 14.4 Å². The number of hydrogen-bond acceptors (Lipinski definition) is 8. The highest BCUT2D eigenvalue weighted by Gasteiger charge is 2.24. The van der Waals surface area contributed by atoms with Crippen LogP contribution in [0.5, 0.6) is 11.5 Å². The summed E-state index contributed by atoms with van der Waals surface area (Å²) in [5.74, 6) is -0.268. The number of rotatable bonds is 5. The lowest BCUT2D eigenvalue weighted by Crippen LogP contribution is -2.37. The van der Waals surface area contributed by atoms with E-state index in [4.69, 9.17) is 18.7 Å². The van der Waals surface area contributed by atoms with Gasteiger partial charge in [0.2, 0.25) is 0 Å². The van der Waals surface area contributed by atoms with Crippen LogP contribution >= 0.6 is 0 Å². The van der Waals surface area contributed by atoms with Gasteiger partial charge in [-0.25, -0.2) is 9.59 Å². The zero-order valence-electron chi connectivity index (χ0n) is 17.0. The van der Waals surface area contributed by atoms with Crippen molar-refractivity contribution in [1.29, 1.82) is 0 Å². The topological polar surface area (TPSA) is 129 Å². The zero-order valence-corrected chi connectivity index (χ0v) is 17.0. The van der Waals surface area contributed by atoms with E-state index in [0.29, 0.717) is 41.7 Å². The Hall–Kier alpha value is -4.34. The molecule has 0 radical (unpaired) electrons. The minimum Gasteiger partial charge on any atom is -0.486 e. The average molecular weight is 437 g/mol. The van der Waals surface area contributed by atoms with E-state index in [-0.39, 0.29) is 11.3 Å². The van der Waals surface area contributed by atoms with E-state index < -0.39 is 24.5 Å². The van der Waals surface area contributed by atoms with Gasteiger partial charge in [-0.2, -0.15) is 0 Å². The first-order valence-electron chi connectivity index (χ1n) is 9.70. The predicted molar refractivity (Wildman–Crippen MR) is 112 cm³/mol. The molecule has 0 saturated carbocycles. The Morgan fingerprint density at radius 1 is 1.03 bits per heavy atom. The molecule has 0 saturated heterocycles. The Bertz CT molecular complexity index is 1160. The van der Waals surface area contributed by atoms with Crippen molar-refractivity contribution in [3.8, 4) is 22.8 Å². The number of fused-ring (bicyclic) bond motifs is 1. The normalized spacial score (nSPS) is 12.0. The fourth-order valence-electron chi connectivity index (χ4n) is 3.06. The van der Waals surface area contributed by atoms with Crippen LogP contribution in [-0.2, 0) is 9.53 Å². The number of carbonyl (C=O) groups excluding carboxylic acids is 3. The number of amides is 3. The molecule has 0 atom stereocenters. The van der Waals surface area contributed by atoms with Crippen molar-refractivity contribution >= 4 is 23.6 Å². The number of imide groups is 1. The summed E-state index contributed by atoms with van der Waals surface area (Å²) in [4.78, 5) is 36.6. The molecule has 0 bridgehead atoms. The van der Waals surface area contributed by atoms with Crippen molar-refractivity contribution in [1.82, 2.24) is 10.5 Å². The van der Waals surface area contributed by atoms with Gasteiger partial charge in [0.25, 0.3) is 5.91 Å². The van der Waals surface area contributed by atoms with E-state index in [1.54, 1.807) is 49.4 Å². The van der Waals surface area contributed by atoms with Gasteiger partial charge in [0.1, 0.15) is 30.2 Å². The molecule has 4 rings (SSSR count). The lowest BCUT2D eigenvalue weighted by atomic mass is 10.1. The number of benzene rings is 2. The van der Waals surface area contributed by atoms with Crippen molar-refractivity contribution in [2.75, 3.05) is 25.1 Å². The average Bonchev–Trinajstić information content (AvgIpc) is 3.19. The van der Waals surface area contributed by atoms with Crippen molar-refractivity contribution < 1.29 is 33.1 Å². The molecule has 32 heavy (non-hydrogen) atoms. The molecule has 2 heterocycles. The van der Waals surface area contributed by atoms with Gasteiger partial charge in [-0.05, 0) is 19.1 Å². The second kappa shape index (κ2) is 9.21. The summed E-state index contributed by atoms with van der Waals surface area (Å²) in [6, 6.07) is 13.0. The van der Waals surface area contributed by atoms with Gasteiger partial charge in [0, 0.05) is 17.3 Å². The number of hydrogen-bond donors (Lipinski definition) is 2. The molecular weight excluding hydrogens is 418 g/mol. The third kappa shape index (κ3) is 4.69. The minimum absolute atomic E-state index is 0.115. The van der Waals surface area contributed by atoms with Gasteiger partial charge in [-0.3, -0.25) is 10.1 Å². The molecule has 0 fully saturated rings. The number of carbonyl (C=O) groups is 3. The second-order valence-corrected chi connectivity index (χ2v) is 6.77. The van der Waals surface area contributed by atoms with Gasteiger partial charge in [0.05, 0.1) is 0 Å². The van der Waals surface area contributed by atoms with Crippen LogP contribution in [0.2, 0.25) is 0 Å². The summed E-state index contributed by atoms with van der Waals surface area (Å²) in [6.45, 7) is 1.77. The SMILES string of the molecule is Cc1onc(-c2ccccc2)c1C(=O)OCC(=O)NC(=O)Nc1ccc2c(c1)OCCO2. The fourth-order valence-corrected chi connectivity index (χ4v) is 3.06. The molecule has 10 heteroatoms. The summed E-state index contributed by atoms with van der Waals surface area (Å²) in [6.07, 6.45) is 0. The number of ether oxygens (including phenoxy) is 3. The highest BCUT2D eigenvalue weighted by molar-refractivity contribution is 6.03. The monoisotopic (exact) mass is 437 g/mol. The molecule has 2 N–H and O–H groups in total. The van der Waals surface area contributed by atoms with Crippen LogP contribution < -0.4 is 20.1 Å². The maximum atomic E-state index is 12.5. The first-order valence-corrected chi connectivity index (χ1v) is 9.70. The Morgan fingerprint density at radius 3 is 2.56 bits per heavy atom. The Morgan fingerprint density at radius 2 is 1.78 bits per heavy atom. The molecule has 3 amide bonds. The third-order valence-corrected chi connectivity index (χ3v) is 4.50. The number of nitrogens with zero attached hydrogens (tertiary/aromatic N) is 1. The Labute approximate surface area is 182 Å².